The first-order chi connectivity index (χ1) is 28.2. The van der Waals surface area contributed by atoms with Gasteiger partial charge in [-0.15, -0.1) is 11.3 Å². The van der Waals surface area contributed by atoms with E-state index < -0.39 is 12.1 Å². The third kappa shape index (κ3) is 4.24. The third-order valence-corrected chi connectivity index (χ3v) is 10.6. The molecule has 0 aliphatic carbocycles. The van der Waals surface area contributed by atoms with Crippen LogP contribution in [0.25, 0.3) is 98.2 Å². The minimum Gasteiger partial charge on any atom is -0.309 e. The molecule has 0 saturated heterocycles. The zero-order chi connectivity index (χ0) is 39.6. The molecule has 6 heteroatoms. The summed E-state index contributed by atoms with van der Waals surface area (Å²) in [6.07, 6.45) is 0. The molecule has 11 rings (SSSR count). The van der Waals surface area contributed by atoms with Crippen LogP contribution in [0.1, 0.15) is 9.60 Å². The van der Waals surface area contributed by atoms with E-state index in [-0.39, 0.29) is 63.7 Å². The van der Waals surface area contributed by atoms with Crippen molar-refractivity contribution in [3.8, 4) is 34.4 Å². The van der Waals surface area contributed by atoms with Crippen LogP contribution in [0.2, 0.25) is 0 Å². The van der Waals surface area contributed by atoms with E-state index in [0.717, 1.165) is 42.0 Å². The van der Waals surface area contributed by atoms with Gasteiger partial charge in [0.05, 0.1) is 31.7 Å². The van der Waals surface area contributed by atoms with Gasteiger partial charge in [-0.1, -0.05) is 121 Å². The number of fused-ring (bicyclic) bond motifs is 10. The molecule has 0 unspecified atom stereocenters. The summed E-state index contributed by atoms with van der Waals surface area (Å²) in [5, 5.41) is 4.27. The molecule has 0 aliphatic heterocycles. The molecule has 0 bridgehead atoms. The zero-order valence-corrected chi connectivity index (χ0v) is 27.5. The van der Waals surface area contributed by atoms with Crippen LogP contribution >= 0.6 is 11.3 Å². The lowest BCUT2D eigenvalue weighted by Gasteiger charge is -2.11. The summed E-state index contributed by atoms with van der Waals surface area (Å²) in [5.74, 6) is 0.596. The molecule has 4 aromatic heterocycles. The number of thiophene rings is 1. The van der Waals surface area contributed by atoms with Gasteiger partial charge in [0.15, 0.2) is 11.6 Å². The SMILES string of the molecule is [2H]c1c([2H])c([2H])c2c(c1[2H])c1c([2H])c(-n3c4ccccc4c4c5sc6ccccc6c5ccc43)c([2H])c([2H])c1n2-c1nc(-c2ccccc2)nc(-c2ccccc2)n1. The first kappa shape index (κ1) is 22.2. The second-order valence-corrected chi connectivity index (χ2v) is 13.4. The maximum absolute atomic E-state index is 10.0. The monoisotopic (exact) mass is 676 g/mol. The Hall–Kier alpha value is -6.63. The maximum Gasteiger partial charge on any atom is 0.238 e. The van der Waals surface area contributed by atoms with Gasteiger partial charge in [-0.3, -0.25) is 4.57 Å². The highest BCUT2D eigenvalue weighted by Gasteiger charge is 2.21. The largest absolute Gasteiger partial charge is 0.309 e. The van der Waals surface area contributed by atoms with Crippen LogP contribution in [-0.4, -0.2) is 24.1 Å². The van der Waals surface area contributed by atoms with Gasteiger partial charge in [0.1, 0.15) is 0 Å². The lowest BCUT2D eigenvalue weighted by atomic mass is 10.1. The number of rotatable bonds is 4. The second-order valence-electron chi connectivity index (χ2n) is 12.3. The van der Waals surface area contributed by atoms with Crippen LogP contribution in [-0.2, 0) is 0 Å². The van der Waals surface area contributed by atoms with E-state index in [1.165, 1.54) is 4.57 Å². The average Bonchev–Trinajstić information content (AvgIpc) is 3.93. The van der Waals surface area contributed by atoms with E-state index in [2.05, 4.69) is 18.2 Å². The van der Waals surface area contributed by atoms with E-state index in [1.54, 1.807) is 11.3 Å². The highest BCUT2D eigenvalue weighted by Crippen LogP contribution is 2.44. The third-order valence-electron chi connectivity index (χ3n) is 9.44. The van der Waals surface area contributed by atoms with Gasteiger partial charge in [-0.05, 0) is 42.4 Å². The summed E-state index contributed by atoms with van der Waals surface area (Å²) in [4.78, 5) is 14.6. The molecule has 0 fully saturated rings. The molecule has 0 amide bonds. The second kappa shape index (κ2) is 10.9. The summed E-state index contributed by atoms with van der Waals surface area (Å²) in [5.41, 5.74) is 3.01. The number of benzene rings is 7. The summed E-state index contributed by atoms with van der Waals surface area (Å²) in [7, 11) is 0. The highest BCUT2D eigenvalue weighted by atomic mass is 32.1. The molecule has 0 spiro atoms. The van der Waals surface area contributed by atoms with Gasteiger partial charge in [0.2, 0.25) is 5.95 Å². The fraction of sp³-hybridized carbons (Fsp3) is 0. The number of para-hydroxylation sites is 2. The average molecular weight is 677 g/mol. The molecular weight excluding hydrogens is 643 g/mol. The van der Waals surface area contributed by atoms with E-state index >= 15 is 0 Å². The predicted molar refractivity (Wildman–Crippen MR) is 212 cm³/mol. The van der Waals surface area contributed by atoms with Gasteiger partial charge in [-0.2, -0.15) is 9.97 Å². The molecule has 51 heavy (non-hydrogen) atoms. The van der Waals surface area contributed by atoms with Gasteiger partial charge in [0, 0.05) is 58.5 Å². The molecule has 5 nitrogen and oxygen atoms in total. The van der Waals surface area contributed by atoms with E-state index in [1.807, 2.05) is 108 Å². The van der Waals surface area contributed by atoms with E-state index in [0.29, 0.717) is 22.8 Å². The van der Waals surface area contributed by atoms with Crippen molar-refractivity contribution in [1.29, 1.82) is 0 Å². The molecule has 0 saturated carbocycles. The minimum absolute atomic E-state index is 0.00187. The molecule has 0 aliphatic rings. The molecule has 11 aromatic rings. The molecule has 4 heterocycles. The van der Waals surface area contributed by atoms with Crippen molar-refractivity contribution < 1.29 is 9.60 Å². The Balaban J connectivity index is 1.30. The summed E-state index contributed by atoms with van der Waals surface area (Å²) < 4.78 is 71.0. The number of hydrogen-bond donors (Lipinski definition) is 0. The Bertz CT molecular complexity index is 3490. The Morgan fingerprint density at radius 2 is 1.14 bits per heavy atom. The smallest absolute Gasteiger partial charge is 0.238 e. The Labute approximate surface area is 306 Å². The van der Waals surface area contributed by atoms with Crippen LogP contribution in [0.15, 0.2) is 164 Å². The van der Waals surface area contributed by atoms with Crippen LogP contribution in [0.5, 0.6) is 0 Å². The number of nitrogens with zero attached hydrogens (tertiary/aromatic N) is 5. The lowest BCUT2D eigenvalue weighted by Crippen LogP contribution is -2.06. The van der Waals surface area contributed by atoms with Gasteiger partial charge in [0.25, 0.3) is 0 Å². The van der Waals surface area contributed by atoms with Crippen molar-refractivity contribution >= 4 is 75.1 Å². The topological polar surface area (TPSA) is 48.5 Å². The molecule has 0 N–H and O–H groups in total. The lowest BCUT2D eigenvalue weighted by molar-refractivity contribution is 0.953. The standard InChI is InChI=1S/C45H27N5S/c1-3-13-28(14-4-1)43-46-44(29-15-5-2-6-16-29)48-45(47-43)50-36-20-10-7-17-31(36)35-27-30(23-25-38(35)50)49-37-21-11-8-19-34(37)41-39(49)26-24-33-32-18-9-12-22-40(32)51-42(33)41/h1-27H/i7D,10D,17D,20D,23D,25D,27D. The maximum atomic E-state index is 10.0. The first-order valence-corrected chi connectivity index (χ1v) is 17.3. The molecular formula is C45H27N5S. The first-order valence-electron chi connectivity index (χ1n) is 20.0. The van der Waals surface area contributed by atoms with Crippen molar-refractivity contribution in [3.05, 3.63) is 164 Å². The van der Waals surface area contributed by atoms with Crippen molar-refractivity contribution in [1.82, 2.24) is 24.1 Å². The quantitative estimate of drug-likeness (QED) is 0.186. The van der Waals surface area contributed by atoms with Crippen molar-refractivity contribution in [3.63, 3.8) is 0 Å². The van der Waals surface area contributed by atoms with Crippen molar-refractivity contribution in [2.24, 2.45) is 0 Å². The molecule has 238 valence electrons. The van der Waals surface area contributed by atoms with Crippen molar-refractivity contribution in [2.45, 2.75) is 0 Å². The fourth-order valence-corrected chi connectivity index (χ4v) is 8.45. The Morgan fingerprint density at radius 3 is 1.92 bits per heavy atom. The molecule has 0 radical (unpaired) electrons. The van der Waals surface area contributed by atoms with Crippen LogP contribution < -0.4 is 0 Å². The number of aromatic nitrogens is 5. The normalized spacial score (nSPS) is 13.8. The van der Waals surface area contributed by atoms with Gasteiger partial charge >= 0.3 is 0 Å². The summed E-state index contributed by atoms with van der Waals surface area (Å²) in [6.45, 7) is 0. The summed E-state index contributed by atoms with van der Waals surface area (Å²) >= 11 is 1.69. The van der Waals surface area contributed by atoms with Crippen molar-refractivity contribution in [2.75, 3.05) is 0 Å². The van der Waals surface area contributed by atoms with Crippen LogP contribution in [0, 0.1) is 0 Å². The number of hydrogen-bond acceptors (Lipinski definition) is 4. The molecule has 0 atom stereocenters. The predicted octanol–water partition coefficient (Wildman–Crippen LogP) is 11.8. The Kier molecular flexibility index (Phi) is 4.75. The minimum atomic E-state index is -0.485. The summed E-state index contributed by atoms with van der Waals surface area (Å²) in [6, 6.07) is 36.4. The zero-order valence-electron chi connectivity index (χ0n) is 33.7. The Morgan fingerprint density at radius 1 is 0.471 bits per heavy atom. The fourth-order valence-electron chi connectivity index (χ4n) is 7.19. The van der Waals surface area contributed by atoms with Crippen LogP contribution in [0.3, 0.4) is 0 Å². The van der Waals surface area contributed by atoms with Gasteiger partial charge < -0.3 is 4.57 Å². The van der Waals surface area contributed by atoms with E-state index in [9.17, 15) is 6.85 Å². The highest BCUT2D eigenvalue weighted by molar-refractivity contribution is 7.26. The van der Waals surface area contributed by atoms with E-state index in [4.69, 9.17) is 17.7 Å². The molecule has 7 aromatic carbocycles. The van der Waals surface area contributed by atoms with Crippen LogP contribution in [0.4, 0.5) is 0 Å². The van der Waals surface area contributed by atoms with Gasteiger partial charge in [-0.25, -0.2) is 4.98 Å².